The van der Waals surface area contributed by atoms with Gasteiger partial charge in [0.15, 0.2) is 5.60 Å². The van der Waals surface area contributed by atoms with Gasteiger partial charge < -0.3 is 15.1 Å². The Bertz CT molecular complexity index is 751. The van der Waals surface area contributed by atoms with Gasteiger partial charge in [-0.15, -0.1) is 6.42 Å². The van der Waals surface area contributed by atoms with Crippen LogP contribution in [0.2, 0.25) is 0 Å². The molecule has 1 fully saturated rings. The summed E-state index contributed by atoms with van der Waals surface area (Å²) < 4.78 is 13.1. The topological polar surface area (TPSA) is 43.7 Å². The second-order valence-electron chi connectivity index (χ2n) is 6.55. The van der Waals surface area contributed by atoms with E-state index < -0.39 is 5.60 Å². The van der Waals surface area contributed by atoms with E-state index in [-0.39, 0.29) is 12.4 Å². The highest BCUT2D eigenvalue weighted by molar-refractivity contribution is 5.52. The molecule has 0 aromatic heterocycles. The first-order valence-electron chi connectivity index (χ1n) is 8.49. The van der Waals surface area contributed by atoms with Crippen LogP contribution in [0.3, 0.4) is 0 Å². The number of aliphatic hydroxyl groups excluding tert-OH is 1. The summed E-state index contributed by atoms with van der Waals surface area (Å²) in [5.74, 6) is 2.36. The lowest BCUT2D eigenvalue weighted by Crippen LogP contribution is -2.36. The van der Waals surface area contributed by atoms with Gasteiger partial charge in [0.2, 0.25) is 0 Å². The highest BCUT2D eigenvalue weighted by Gasteiger charge is 2.29. The molecule has 0 bridgehead atoms. The van der Waals surface area contributed by atoms with Crippen LogP contribution < -0.4 is 4.90 Å². The fraction of sp³-hybridized carbons (Fsp3) is 0.333. The monoisotopic (exact) mass is 339 g/mol. The summed E-state index contributed by atoms with van der Waals surface area (Å²) in [4.78, 5) is 2.24. The van der Waals surface area contributed by atoms with Gasteiger partial charge in [0.05, 0.1) is 0 Å². The van der Waals surface area contributed by atoms with Crippen LogP contribution in [-0.4, -0.2) is 29.9 Å². The standard InChI is InChI=1S/C21H22FNO2/c1-2-21(25,17-5-9-19(22)10-6-17)18-7-11-20(12-8-18)23-13-3-4-16(14-23)15-24/h1,5-12,16,24-25H,3-4,13-15H2. The molecule has 25 heavy (non-hydrogen) atoms. The van der Waals surface area contributed by atoms with Gasteiger partial charge in [-0.3, -0.25) is 0 Å². The van der Waals surface area contributed by atoms with Crippen molar-refractivity contribution < 1.29 is 14.6 Å². The van der Waals surface area contributed by atoms with Crippen molar-refractivity contribution in [3.05, 3.63) is 65.5 Å². The molecule has 2 unspecified atom stereocenters. The largest absolute Gasteiger partial charge is 0.396 e. The first kappa shape index (κ1) is 17.5. The Morgan fingerprint density at radius 3 is 2.28 bits per heavy atom. The Morgan fingerprint density at radius 1 is 1.12 bits per heavy atom. The van der Waals surface area contributed by atoms with Gasteiger partial charge in [0.25, 0.3) is 0 Å². The number of terminal acetylenes is 1. The molecule has 2 aromatic carbocycles. The minimum atomic E-state index is -1.60. The highest BCUT2D eigenvalue weighted by atomic mass is 19.1. The van der Waals surface area contributed by atoms with E-state index in [0.29, 0.717) is 17.0 Å². The summed E-state index contributed by atoms with van der Waals surface area (Å²) in [5.41, 5.74) is 0.478. The summed E-state index contributed by atoms with van der Waals surface area (Å²) in [6.07, 6.45) is 7.69. The van der Waals surface area contributed by atoms with Crippen LogP contribution in [0.1, 0.15) is 24.0 Å². The average molecular weight is 339 g/mol. The molecular formula is C21H22FNO2. The van der Waals surface area contributed by atoms with Crippen LogP contribution in [0.5, 0.6) is 0 Å². The Kier molecular flexibility index (Phi) is 5.08. The molecule has 4 heteroatoms. The number of hydrogen-bond donors (Lipinski definition) is 2. The maximum Gasteiger partial charge on any atom is 0.176 e. The molecule has 0 amide bonds. The molecule has 1 heterocycles. The van der Waals surface area contributed by atoms with Gasteiger partial charge in [-0.2, -0.15) is 0 Å². The molecule has 2 N–H and O–H groups in total. The van der Waals surface area contributed by atoms with E-state index in [4.69, 9.17) is 6.42 Å². The molecule has 3 nitrogen and oxygen atoms in total. The van der Waals surface area contributed by atoms with Gasteiger partial charge in [0.1, 0.15) is 5.82 Å². The maximum absolute atomic E-state index is 13.1. The quantitative estimate of drug-likeness (QED) is 0.842. The number of rotatable bonds is 4. The maximum atomic E-state index is 13.1. The van der Waals surface area contributed by atoms with Crippen LogP contribution >= 0.6 is 0 Å². The van der Waals surface area contributed by atoms with Gasteiger partial charge in [-0.1, -0.05) is 30.2 Å². The number of aliphatic hydroxyl groups is 2. The number of anilines is 1. The third kappa shape index (κ3) is 3.53. The van der Waals surface area contributed by atoms with Crippen molar-refractivity contribution in [2.24, 2.45) is 5.92 Å². The Balaban J connectivity index is 1.85. The lowest BCUT2D eigenvalue weighted by Gasteiger charge is -2.34. The van der Waals surface area contributed by atoms with Gasteiger partial charge in [0, 0.05) is 36.5 Å². The van der Waals surface area contributed by atoms with Crippen LogP contribution in [0, 0.1) is 24.1 Å². The van der Waals surface area contributed by atoms with Crippen molar-refractivity contribution in [3.8, 4) is 12.3 Å². The summed E-state index contributed by atoms with van der Waals surface area (Å²) in [5, 5.41) is 20.3. The summed E-state index contributed by atoms with van der Waals surface area (Å²) in [6.45, 7) is 1.98. The predicted molar refractivity (Wildman–Crippen MR) is 96.7 cm³/mol. The van der Waals surface area contributed by atoms with E-state index in [0.717, 1.165) is 31.6 Å². The minimum Gasteiger partial charge on any atom is -0.396 e. The smallest absolute Gasteiger partial charge is 0.176 e. The Morgan fingerprint density at radius 2 is 1.72 bits per heavy atom. The van der Waals surface area contributed by atoms with Crippen LogP contribution in [0.4, 0.5) is 10.1 Å². The molecule has 1 aliphatic rings. The van der Waals surface area contributed by atoms with Gasteiger partial charge >= 0.3 is 0 Å². The Hall–Kier alpha value is -2.35. The van der Waals surface area contributed by atoms with Crippen molar-refractivity contribution in [1.82, 2.24) is 0 Å². The average Bonchev–Trinajstić information content (AvgIpc) is 2.68. The normalized spacial score (nSPS) is 19.9. The van der Waals surface area contributed by atoms with Crippen molar-refractivity contribution in [3.63, 3.8) is 0 Å². The molecular weight excluding hydrogens is 317 g/mol. The van der Waals surface area contributed by atoms with Crippen molar-refractivity contribution in [1.29, 1.82) is 0 Å². The fourth-order valence-electron chi connectivity index (χ4n) is 3.39. The third-order valence-corrected chi connectivity index (χ3v) is 4.90. The lowest BCUT2D eigenvalue weighted by molar-refractivity contribution is 0.145. The fourth-order valence-corrected chi connectivity index (χ4v) is 3.39. The van der Waals surface area contributed by atoms with Crippen molar-refractivity contribution in [2.75, 3.05) is 24.6 Å². The molecule has 0 aliphatic carbocycles. The van der Waals surface area contributed by atoms with Gasteiger partial charge in [-0.25, -0.2) is 4.39 Å². The number of benzene rings is 2. The molecule has 0 radical (unpaired) electrons. The molecule has 1 aliphatic heterocycles. The number of nitrogens with zero attached hydrogens (tertiary/aromatic N) is 1. The molecule has 1 saturated heterocycles. The van der Waals surface area contributed by atoms with E-state index in [1.807, 2.05) is 12.1 Å². The van der Waals surface area contributed by atoms with E-state index in [1.54, 1.807) is 12.1 Å². The summed E-state index contributed by atoms with van der Waals surface area (Å²) in [7, 11) is 0. The van der Waals surface area contributed by atoms with E-state index >= 15 is 0 Å². The second-order valence-corrected chi connectivity index (χ2v) is 6.55. The summed E-state index contributed by atoms with van der Waals surface area (Å²) in [6, 6.07) is 13.0. The molecule has 3 rings (SSSR count). The summed E-state index contributed by atoms with van der Waals surface area (Å²) >= 11 is 0. The highest BCUT2D eigenvalue weighted by Crippen LogP contribution is 2.31. The van der Waals surface area contributed by atoms with Crippen molar-refractivity contribution >= 4 is 5.69 Å². The molecule has 2 aromatic rings. The van der Waals surface area contributed by atoms with Gasteiger partial charge in [-0.05, 0) is 43.0 Å². The third-order valence-electron chi connectivity index (χ3n) is 4.90. The number of hydrogen-bond acceptors (Lipinski definition) is 3. The first-order valence-corrected chi connectivity index (χ1v) is 8.49. The zero-order valence-corrected chi connectivity index (χ0v) is 14.0. The lowest BCUT2D eigenvalue weighted by atomic mass is 9.87. The van der Waals surface area contributed by atoms with Crippen molar-refractivity contribution in [2.45, 2.75) is 18.4 Å². The van der Waals surface area contributed by atoms with Crippen LogP contribution in [0.15, 0.2) is 48.5 Å². The predicted octanol–water partition coefficient (Wildman–Crippen LogP) is 2.90. The number of halogens is 1. The molecule has 130 valence electrons. The minimum absolute atomic E-state index is 0.204. The SMILES string of the molecule is C#CC(O)(c1ccc(F)cc1)c1ccc(N2CCCC(CO)C2)cc1. The Labute approximate surface area is 147 Å². The van der Waals surface area contributed by atoms with Crippen LogP contribution in [-0.2, 0) is 5.60 Å². The molecule has 2 atom stereocenters. The first-order chi connectivity index (χ1) is 12.1. The molecule has 0 spiro atoms. The zero-order chi connectivity index (χ0) is 17.9. The number of piperidine rings is 1. The van der Waals surface area contributed by atoms with E-state index in [2.05, 4.69) is 10.8 Å². The second kappa shape index (κ2) is 7.26. The van der Waals surface area contributed by atoms with Crippen LogP contribution in [0.25, 0.3) is 0 Å². The van der Waals surface area contributed by atoms with E-state index in [9.17, 15) is 14.6 Å². The zero-order valence-electron chi connectivity index (χ0n) is 14.0. The molecule has 0 saturated carbocycles. The van der Waals surface area contributed by atoms with E-state index in [1.165, 1.54) is 24.3 Å².